The number of aryl methyl sites for hydroxylation is 3. The summed E-state index contributed by atoms with van der Waals surface area (Å²) in [6, 6.07) is 11.9. The smallest absolute Gasteiger partial charge is 0.246 e. The first-order chi connectivity index (χ1) is 12.6. The zero-order valence-electron chi connectivity index (χ0n) is 15.4. The van der Waals surface area contributed by atoms with Gasteiger partial charge in [0.25, 0.3) is 0 Å². The van der Waals surface area contributed by atoms with E-state index in [1.54, 1.807) is 0 Å². The number of para-hydroxylation sites is 1. The molecule has 1 fully saturated rings. The molecule has 1 saturated heterocycles. The summed E-state index contributed by atoms with van der Waals surface area (Å²) < 4.78 is 1.88. The molecule has 0 radical (unpaired) electrons. The van der Waals surface area contributed by atoms with Gasteiger partial charge in [-0.15, -0.1) is 0 Å². The average Bonchev–Trinajstić information content (AvgIpc) is 2.96. The minimum atomic E-state index is 0.103. The summed E-state index contributed by atoms with van der Waals surface area (Å²) in [7, 11) is 0. The zero-order chi connectivity index (χ0) is 18.3. The number of carbonyl (C=O) groups is 1. The van der Waals surface area contributed by atoms with E-state index in [1.165, 1.54) is 0 Å². The lowest BCUT2D eigenvalue weighted by molar-refractivity contribution is -0.117. The van der Waals surface area contributed by atoms with Gasteiger partial charge in [0, 0.05) is 36.1 Å². The highest BCUT2D eigenvalue weighted by Crippen LogP contribution is 2.24. The van der Waals surface area contributed by atoms with Crippen LogP contribution in [-0.4, -0.2) is 40.1 Å². The minimum Gasteiger partial charge on any atom is -0.345 e. The van der Waals surface area contributed by atoms with Gasteiger partial charge in [-0.25, -0.2) is 4.98 Å². The van der Waals surface area contributed by atoms with Crippen molar-refractivity contribution >= 4 is 23.1 Å². The standard InChI is InChI=1S/C20H23N5O/c1-4-16-12-18(25-20(21-16)14(2)15(3)22-25)23-10-11-24(19(26)13-23)17-8-6-5-7-9-17/h5-9,12H,4,10-11,13H2,1-3H3. The van der Waals surface area contributed by atoms with Crippen LogP contribution >= 0.6 is 0 Å². The average molecular weight is 349 g/mol. The molecule has 0 aliphatic carbocycles. The lowest BCUT2D eigenvalue weighted by Crippen LogP contribution is -2.51. The Morgan fingerprint density at radius 1 is 1.12 bits per heavy atom. The van der Waals surface area contributed by atoms with Crippen LogP contribution in [0.3, 0.4) is 0 Å². The first-order valence-electron chi connectivity index (χ1n) is 9.04. The monoisotopic (exact) mass is 349 g/mol. The third-order valence-electron chi connectivity index (χ3n) is 5.07. The maximum atomic E-state index is 12.8. The van der Waals surface area contributed by atoms with Crippen molar-refractivity contribution in [3.63, 3.8) is 0 Å². The van der Waals surface area contributed by atoms with E-state index >= 15 is 0 Å². The van der Waals surface area contributed by atoms with Gasteiger partial charge in [-0.3, -0.25) is 4.79 Å². The fourth-order valence-electron chi connectivity index (χ4n) is 3.42. The van der Waals surface area contributed by atoms with Crippen LogP contribution in [0.15, 0.2) is 36.4 Å². The molecular formula is C20H23N5O. The van der Waals surface area contributed by atoms with Crippen molar-refractivity contribution in [1.82, 2.24) is 14.6 Å². The van der Waals surface area contributed by atoms with Crippen molar-refractivity contribution in [2.24, 2.45) is 0 Å². The van der Waals surface area contributed by atoms with Gasteiger partial charge < -0.3 is 9.80 Å². The van der Waals surface area contributed by atoms with Crippen molar-refractivity contribution in [1.29, 1.82) is 0 Å². The largest absolute Gasteiger partial charge is 0.345 e. The number of benzene rings is 1. The van der Waals surface area contributed by atoms with Crippen molar-refractivity contribution in [2.75, 3.05) is 29.4 Å². The molecule has 6 nitrogen and oxygen atoms in total. The summed E-state index contributed by atoms with van der Waals surface area (Å²) in [5, 5.41) is 4.65. The minimum absolute atomic E-state index is 0.103. The number of hydrogen-bond acceptors (Lipinski definition) is 4. The van der Waals surface area contributed by atoms with Gasteiger partial charge in [0.05, 0.1) is 12.2 Å². The topological polar surface area (TPSA) is 53.7 Å². The zero-order valence-corrected chi connectivity index (χ0v) is 15.4. The second kappa shape index (κ2) is 6.44. The molecule has 0 spiro atoms. The Balaban J connectivity index is 1.69. The number of fused-ring (bicyclic) bond motifs is 1. The van der Waals surface area contributed by atoms with Crippen LogP contribution in [-0.2, 0) is 11.2 Å². The van der Waals surface area contributed by atoms with Crippen LogP contribution in [0.4, 0.5) is 11.5 Å². The summed E-state index contributed by atoms with van der Waals surface area (Å²) >= 11 is 0. The van der Waals surface area contributed by atoms with Gasteiger partial charge in [-0.1, -0.05) is 25.1 Å². The number of nitrogens with zero attached hydrogens (tertiary/aromatic N) is 5. The molecule has 134 valence electrons. The van der Waals surface area contributed by atoms with Crippen LogP contribution < -0.4 is 9.80 Å². The molecule has 1 aliphatic rings. The summed E-state index contributed by atoms with van der Waals surface area (Å²) in [4.78, 5) is 21.5. The van der Waals surface area contributed by atoms with E-state index in [0.29, 0.717) is 13.1 Å². The number of amides is 1. The van der Waals surface area contributed by atoms with Gasteiger partial charge in [0.1, 0.15) is 5.82 Å². The Kier molecular flexibility index (Phi) is 4.11. The number of piperazine rings is 1. The van der Waals surface area contributed by atoms with Crippen LogP contribution in [0.25, 0.3) is 5.65 Å². The van der Waals surface area contributed by atoms with Crippen LogP contribution in [0.2, 0.25) is 0 Å². The van der Waals surface area contributed by atoms with E-state index in [0.717, 1.165) is 47.1 Å². The third-order valence-corrected chi connectivity index (χ3v) is 5.07. The number of aromatic nitrogens is 3. The molecule has 1 aromatic carbocycles. The Bertz CT molecular complexity index is 963. The SMILES string of the molecule is CCc1cc(N2CCN(c3ccccc3)C(=O)C2)n2nc(C)c(C)c2n1. The van der Waals surface area contributed by atoms with Gasteiger partial charge in [0.15, 0.2) is 5.65 Å². The van der Waals surface area contributed by atoms with Gasteiger partial charge >= 0.3 is 0 Å². The maximum absolute atomic E-state index is 12.8. The number of rotatable bonds is 3. The number of hydrogen-bond donors (Lipinski definition) is 0. The molecular weight excluding hydrogens is 326 g/mol. The summed E-state index contributed by atoms with van der Waals surface area (Å²) in [6.07, 6.45) is 0.852. The first-order valence-corrected chi connectivity index (χ1v) is 9.04. The molecule has 3 aromatic rings. The molecule has 0 unspecified atom stereocenters. The van der Waals surface area contributed by atoms with Gasteiger partial charge in [0.2, 0.25) is 5.91 Å². The van der Waals surface area contributed by atoms with Crippen LogP contribution in [0, 0.1) is 13.8 Å². The van der Waals surface area contributed by atoms with Crippen LogP contribution in [0.5, 0.6) is 0 Å². The Morgan fingerprint density at radius 2 is 1.88 bits per heavy atom. The molecule has 3 heterocycles. The molecule has 4 rings (SSSR count). The van der Waals surface area contributed by atoms with E-state index in [-0.39, 0.29) is 5.91 Å². The molecule has 0 saturated carbocycles. The Morgan fingerprint density at radius 3 is 2.58 bits per heavy atom. The van der Waals surface area contributed by atoms with Crippen molar-refractivity contribution in [2.45, 2.75) is 27.2 Å². The summed E-state index contributed by atoms with van der Waals surface area (Å²) in [5.74, 6) is 1.05. The van der Waals surface area contributed by atoms with E-state index in [1.807, 2.05) is 53.6 Å². The normalized spacial score (nSPS) is 15.1. The molecule has 1 aliphatic heterocycles. The first kappa shape index (κ1) is 16.6. The lowest BCUT2D eigenvalue weighted by Gasteiger charge is -2.35. The summed E-state index contributed by atoms with van der Waals surface area (Å²) in [6.45, 7) is 7.91. The van der Waals surface area contributed by atoms with E-state index in [2.05, 4.69) is 23.0 Å². The fraction of sp³-hybridized carbons (Fsp3) is 0.350. The second-order valence-corrected chi connectivity index (χ2v) is 6.71. The molecule has 0 bridgehead atoms. The van der Waals surface area contributed by atoms with E-state index in [9.17, 15) is 4.79 Å². The van der Waals surface area contributed by atoms with Crippen molar-refractivity contribution < 1.29 is 4.79 Å². The number of anilines is 2. The highest BCUT2D eigenvalue weighted by atomic mass is 16.2. The highest BCUT2D eigenvalue weighted by molar-refractivity contribution is 5.97. The van der Waals surface area contributed by atoms with E-state index in [4.69, 9.17) is 4.98 Å². The molecule has 26 heavy (non-hydrogen) atoms. The van der Waals surface area contributed by atoms with Gasteiger partial charge in [-0.2, -0.15) is 9.61 Å². The molecule has 0 atom stereocenters. The Hall–Kier alpha value is -2.89. The van der Waals surface area contributed by atoms with Crippen LogP contribution in [0.1, 0.15) is 23.9 Å². The van der Waals surface area contributed by atoms with Gasteiger partial charge in [-0.05, 0) is 32.4 Å². The van der Waals surface area contributed by atoms with Crippen molar-refractivity contribution in [3.8, 4) is 0 Å². The molecule has 6 heteroatoms. The fourth-order valence-corrected chi connectivity index (χ4v) is 3.42. The summed E-state index contributed by atoms with van der Waals surface area (Å²) in [5.41, 5.74) is 4.93. The number of carbonyl (C=O) groups excluding carboxylic acids is 1. The lowest BCUT2D eigenvalue weighted by atomic mass is 10.2. The Labute approximate surface area is 153 Å². The van der Waals surface area contributed by atoms with E-state index < -0.39 is 0 Å². The second-order valence-electron chi connectivity index (χ2n) is 6.71. The highest BCUT2D eigenvalue weighted by Gasteiger charge is 2.27. The molecule has 2 aromatic heterocycles. The molecule has 1 amide bonds. The maximum Gasteiger partial charge on any atom is 0.246 e. The quantitative estimate of drug-likeness (QED) is 0.730. The predicted molar refractivity (Wildman–Crippen MR) is 103 cm³/mol. The molecule has 0 N–H and O–H groups in total. The van der Waals surface area contributed by atoms with Crippen molar-refractivity contribution in [3.05, 3.63) is 53.3 Å². The predicted octanol–water partition coefficient (Wildman–Crippen LogP) is 2.76. The third kappa shape index (κ3) is 2.71.